The van der Waals surface area contributed by atoms with Gasteiger partial charge >= 0.3 is 5.97 Å². The first-order valence-electron chi connectivity index (χ1n) is 10.1. The van der Waals surface area contributed by atoms with Crippen molar-refractivity contribution in [3.8, 4) is 17.6 Å². The molecule has 172 valence electrons. The molecule has 1 N–H and O–H groups in total. The molecular formula is C26H21ClN2O5. The predicted molar refractivity (Wildman–Crippen MR) is 129 cm³/mol. The van der Waals surface area contributed by atoms with Gasteiger partial charge < -0.3 is 19.5 Å². The lowest BCUT2D eigenvalue weighted by Gasteiger charge is -2.12. The molecule has 0 aliphatic carbocycles. The number of rotatable bonds is 8. The first kappa shape index (κ1) is 24.4. The monoisotopic (exact) mass is 476 g/mol. The number of methoxy groups -OCH3 is 2. The molecule has 0 spiro atoms. The molecule has 0 saturated heterocycles. The fourth-order valence-electron chi connectivity index (χ4n) is 2.98. The number of amides is 1. The van der Waals surface area contributed by atoms with Crippen molar-refractivity contribution < 1.29 is 23.8 Å². The molecule has 0 aliphatic rings. The van der Waals surface area contributed by atoms with Crippen LogP contribution >= 0.6 is 11.6 Å². The molecule has 0 fully saturated rings. The van der Waals surface area contributed by atoms with E-state index in [1.165, 1.54) is 32.4 Å². The minimum absolute atomic E-state index is 0.130. The van der Waals surface area contributed by atoms with Gasteiger partial charge in [0.15, 0.2) is 0 Å². The Balaban J connectivity index is 1.81. The summed E-state index contributed by atoms with van der Waals surface area (Å²) < 4.78 is 15.9. The molecule has 0 atom stereocenters. The van der Waals surface area contributed by atoms with Gasteiger partial charge in [-0.15, -0.1) is 0 Å². The summed E-state index contributed by atoms with van der Waals surface area (Å²) in [6.45, 7) is 0.231. The van der Waals surface area contributed by atoms with E-state index >= 15 is 0 Å². The Bertz CT molecular complexity index is 1260. The van der Waals surface area contributed by atoms with Gasteiger partial charge in [-0.2, -0.15) is 5.26 Å². The number of carbonyl (C=O) groups is 2. The first-order valence-corrected chi connectivity index (χ1v) is 10.5. The molecular weight excluding hydrogens is 456 g/mol. The van der Waals surface area contributed by atoms with Gasteiger partial charge in [0.25, 0.3) is 5.91 Å². The number of esters is 1. The van der Waals surface area contributed by atoms with Gasteiger partial charge in [0.05, 0.1) is 19.8 Å². The third-order valence-corrected chi connectivity index (χ3v) is 4.97. The van der Waals surface area contributed by atoms with Gasteiger partial charge in [-0.3, -0.25) is 4.79 Å². The van der Waals surface area contributed by atoms with Crippen LogP contribution < -0.4 is 14.8 Å². The summed E-state index contributed by atoms with van der Waals surface area (Å²) >= 11 is 6.04. The maximum absolute atomic E-state index is 12.7. The van der Waals surface area contributed by atoms with Crippen molar-refractivity contribution in [2.45, 2.75) is 6.61 Å². The lowest BCUT2D eigenvalue weighted by Crippen LogP contribution is -2.13. The van der Waals surface area contributed by atoms with Crippen molar-refractivity contribution in [2.75, 3.05) is 19.5 Å². The summed E-state index contributed by atoms with van der Waals surface area (Å²) in [6, 6.07) is 20.4. The second-order valence-electron chi connectivity index (χ2n) is 7.02. The quantitative estimate of drug-likeness (QED) is 0.270. The Morgan fingerprint density at radius 2 is 1.82 bits per heavy atom. The summed E-state index contributed by atoms with van der Waals surface area (Å²) in [6.07, 6.45) is 1.44. The normalized spacial score (nSPS) is 10.7. The van der Waals surface area contributed by atoms with E-state index < -0.39 is 11.9 Å². The summed E-state index contributed by atoms with van der Waals surface area (Å²) in [4.78, 5) is 24.3. The highest BCUT2D eigenvalue weighted by Gasteiger charge is 2.13. The SMILES string of the molecule is COC(=O)c1ccc(NC(=O)/C(C#N)=C/c2ccc(OC)cc2OCc2cccc(Cl)c2)cc1. The van der Waals surface area contributed by atoms with Crippen LogP contribution in [0.25, 0.3) is 6.08 Å². The maximum Gasteiger partial charge on any atom is 0.337 e. The molecule has 1 amide bonds. The molecule has 0 aromatic heterocycles. The molecule has 0 aliphatic heterocycles. The van der Waals surface area contributed by atoms with Crippen LogP contribution in [0.3, 0.4) is 0 Å². The Morgan fingerprint density at radius 3 is 2.47 bits per heavy atom. The Morgan fingerprint density at radius 1 is 1.06 bits per heavy atom. The summed E-state index contributed by atoms with van der Waals surface area (Å²) in [5.74, 6) is -0.0978. The van der Waals surface area contributed by atoms with Crippen LogP contribution in [0, 0.1) is 11.3 Å². The van der Waals surface area contributed by atoms with Crippen molar-refractivity contribution in [2.24, 2.45) is 0 Å². The minimum atomic E-state index is -0.607. The largest absolute Gasteiger partial charge is 0.497 e. The number of hydrogen-bond acceptors (Lipinski definition) is 6. The van der Waals surface area contributed by atoms with E-state index in [1.807, 2.05) is 18.2 Å². The maximum atomic E-state index is 12.7. The number of benzene rings is 3. The van der Waals surface area contributed by atoms with Crippen molar-refractivity contribution in [1.82, 2.24) is 0 Å². The summed E-state index contributed by atoms with van der Waals surface area (Å²) in [5.41, 5.74) is 2.02. The van der Waals surface area contributed by atoms with Gasteiger partial charge in [0, 0.05) is 22.3 Å². The van der Waals surface area contributed by atoms with E-state index in [2.05, 4.69) is 10.1 Å². The van der Waals surface area contributed by atoms with Crippen molar-refractivity contribution >= 4 is 35.2 Å². The van der Waals surface area contributed by atoms with Crippen LogP contribution in [0.2, 0.25) is 5.02 Å². The Labute approximate surface area is 202 Å². The van der Waals surface area contributed by atoms with E-state index in [9.17, 15) is 14.9 Å². The van der Waals surface area contributed by atoms with E-state index in [4.69, 9.17) is 21.1 Å². The number of nitriles is 1. The molecule has 0 saturated carbocycles. The fraction of sp³-hybridized carbons (Fsp3) is 0.115. The zero-order valence-electron chi connectivity index (χ0n) is 18.5. The van der Waals surface area contributed by atoms with Gasteiger partial charge in [0.1, 0.15) is 29.7 Å². The number of carbonyl (C=O) groups excluding carboxylic acids is 2. The lowest BCUT2D eigenvalue weighted by atomic mass is 10.1. The van der Waals surface area contributed by atoms with Gasteiger partial charge in [0.2, 0.25) is 0 Å². The van der Waals surface area contributed by atoms with E-state index in [-0.39, 0.29) is 12.2 Å². The van der Waals surface area contributed by atoms with Crippen LogP contribution in [-0.4, -0.2) is 26.1 Å². The lowest BCUT2D eigenvalue weighted by molar-refractivity contribution is -0.112. The Kier molecular flexibility index (Phi) is 8.27. The smallest absolute Gasteiger partial charge is 0.337 e. The Hall–Kier alpha value is -4.28. The molecule has 0 radical (unpaired) electrons. The van der Waals surface area contributed by atoms with Crippen LogP contribution in [0.1, 0.15) is 21.5 Å². The topological polar surface area (TPSA) is 97.7 Å². The van der Waals surface area contributed by atoms with Gasteiger partial charge in [-0.25, -0.2) is 4.79 Å². The average Bonchev–Trinajstić information content (AvgIpc) is 2.86. The van der Waals surface area contributed by atoms with Crippen molar-refractivity contribution in [3.05, 3.63) is 94.0 Å². The van der Waals surface area contributed by atoms with Crippen LogP contribution in [0.4, 0.5) is 5.69 Å². The zero-order chi connectivity index (χ0) is 24.5. The van der Waals surface area contributed by atoms with E-state index in [1.54, 1.807) is 42.5 Å². The highest BCUT2D eigenvalue weighted by Crippen LogP contribution is 2.28. The van der Waals surface area contributed by atoms with E-state index in [0.29, 0.717) is 33.3 Å². The second kappa shape index (κ2) is 11.5. The third-order valence-electron chi connectivity index (χ3n) is 4.73. The number of halogens is 1. The molecule has 34 heavy (non-hydrogen) atoms. The van der Waals surface area contributed by atoms with Crippen molar-refractivity contribution in [3.63, 3.8) is 0 Å². The molecule has 3 rings (SSSR count). The number of ether oxygens (including phenoxy) is 3. The van der Waals surface area contributed by atoms with Crippen LogP contribution in [0.15, 0.2) is 72.3 Å². The van der Waals surface area contributed by atoms with Crippen LogP contribution in [-0.2, 0) is 16.1 Å². The highest BCUT2D eigenvalue weighted by atomic mass is 35.5. The standard InChI is InChI=1S/C26H21ClN2O5/c1-32-23-11-8-19(24(14-23)34-16-17-4-3-5-21(27)12-17)13-20(15-28)25(30)29-22-9-6-18(7-10-22)26(31)33-2/h3-14H,16H2,1-2H3,(H,29,30)/b20-13+. The molecule has 7 nitrogen and oxygen atoms in total. The van der Waals surface area contributed by atoms with E-state index in [0.717, 1.165) is 5.56 Å². The van der Waals surface area contributed by atoms with Gasteiger partial charge in [-0.1, -0.05) is 23.7 Å². The predicted octanol–water partition coefficient (Wildman–Crippen LogP) is 5.26. The molecule has 0 unspecified atom stereocenters. The second-order valence-corrected chi connectivity index (χ2v) is 7.45. The van der Waals surface area contributed by atoms with Crippen LogP contribution in [0.5, 0.6) is 11.5 Å². The van der Waals surface area contributed by atoms with Gasteiger partial charge in [-0.05, 0) is 60.2 Å². The molecule has 3 aromatic rings. The summed E-state index contributed by atoms with van der Waals surface area (Å²) in [5, 5.41) is 12.8. The molecule has 3 aromatic carbocycles. The molecule has 8 heteroatoms. The molecule has 0 bridgehead atoms. The average molecular weight is 477 g/mol. The first-order chi connectivity index (χ1) is 16.4. The zero-order valence-corrected chi connectivity index (χ0v) is 19.3. The number of nitrogens with one attached hydrogen (secondary N) is 1. The number of nitrogens with zero attached hydrogens (tertiary/aromatic N) is 1. The fourth-order valence-corrected chi connectivity index (χ4v) is 3.20. The minimum Gasteiger partial charge on any atom is -0.497 e. The highest BCUT2D eigenvalue weighted by molar-refractivity contribution is 6.30. The third kappa shape index (κ3) is 6.37. The number of hydrogen-bond donors (Lipinski definition) is 1. The summed E-state index contributed by atoms with van der Waals surface area (Å²) in [7, 11) is 2.82. The van der Waals surface area contributed by atoms with Crippen molar-refractivity contribution in [1.29, 1.82) is 5.26 Å². The molecule has 0 heterocycles. The number of anilines is 1.